The Bertz CT molecular complexity index is 387. The zero-order chi connectivity index (χ0) is 12.1. The molecule has 0 heterocycles. The Labute approximate surface area is 95.6 Å². The van der Waals surface area contributed by atoms with Gasteiger partial charge in [0.1, 0.15) is 17.7 Å². The number of hydrogen-bond donors (Lipinski definition) is 2. The molecular formula is C10H11F2NO2S. The van der Waals surface area contributed by atoms with Crippen molar-refractivity contribution in [1.29, 1.82) is 0 Å². The van der Waals surface area contributed by atoms with E-state index >= 15 is 0 Å². The fourth-order valence-electron chi connectivity index (χ4n) is 1.01. The number of aliphatic carboxylic acids is 1. The van der Waals surface area contributed by atoms with Crippen molar-refractivity contribution < 1.29 is 18.7 Å². The lowest BCUT2D eigenvalue weighted by Crippen LogP contribution is -2.30. The summed E-state index contributed by atoms with van der Waals surface area (Å²) in [5, 5.41) is 8.51. The number of carbonyl (C=O) groups is 1. The van der Waals surface area contributed by atoms with Crippen molar-refractivity contribution >= 4 is 17.7 Å². The van der Waals surface area contributed by atoms with E-state index in [4.69, 9.17) is 10.8 Å². The molecule has 1 unspecified atom stereocenters. The second-order valence-corrected chi connectivity index (χ2v) is 4.29. The van der Waals surface area contributed by atoms with Crippen molar-refractivity contribution in [3.63, 3.8) is 0 Å². The lowest BCUT2D eigenvalue weighted by atomic mass is 10.2. The van der Waals surface area contributed by atoms with Gasteiger partial charge in [-0.3, -0.25) is 4.79 Å². The molecule has 1 rings (SSSR count). The molecule has 16 heavy (non-hydrogen) atoms. The number of benzene rings is 1. The molecule has 88 valence electrons. The average Bonchev–Trinajstić information content (AvgIpc) is 2.20. The Morgan fingerprint density at radius 2 is 2.19 bits per heavy atom. The van der Waals surface area contributed by atoms with E-state index in [0.29, 0.717) is 10.6 Å². The van der Waals surface area contributed by atoms with Crippen LogP contribution in [0.15, 0.2) is 23.1 Å². The highest BCUT2D eigenvalue weighted by atomic mass is 32.2. The maximum atomic E-state index is 13.1. The first-order chi connectivity index (χ1) is 7.50. The predicted molar refractivity (Wildman–Crippen MR) is 57.3 cm³/mol. The van der Waals surface area contributed by atoms with Gasteiger partial charge >= 0.3 is 5.97 Å². The minimum absolute atomic E-state index is 0.233. The molecule has 0 amide bonds. The number of thioether (sulfide) groups is 1. The smallest absolute Gasteiger partial charge is 0.320 e. The van der Waals surface area contributed by atoms with Gasteiger partial charge in [-0.2, -0.15) is 0 Å². The van der Waals surface area contributed by atoms with E-state index in [1.807, 2.05) is 0 Å². The van der Waals surface area contributed by atoms with Gasteiger partial charge in [-0.25, -0.2) is 8.78 Å². The zero-order valence-corrected chi connectivity index (χ0v) is 9.14. The highest BCUT2D eigenvalue weighted by Gasteiger charge is 2.11. The lowest BCUT2D eigenvalue weighted by molar-refractivity contribution is -0.138. The van der Waals surface area contributed by atoms with E-state index < -0.39 is 23.6 Å². The van der Waals surface area contributed by atoms with Crippen molar-refractivity contribution in [2.24, 2.45) is 5.73 Å². The number of rotatable bonds is 5. The third-order valence-corrected chi connectivity index (χ3v) is 2.98. The lowest BCUT2D eigenvalue weighted by Gasteiger charge is -2.06. The topological polar surface area (TPSA) is 63.3 Å². The van der Waals surface area contributed by atoms with E-state index in [1.54, 1.807) is 0 Å². The van der Waals surface area contributed by atoms with Crippen molar-refractivity contribution in [2.75, 3.05) is 5.75 Å². The SMILES string of the molecule is NC(CCSc1ccc(F)cc1F)C(=O)O. The quantitative estimate of drug-likeness (QED) is 0.779. The van der Waals surface area contributed by atoms with Crippen LogP contribution < -0.4 is 5.73 Å². The summed E-state index contributed by atoms with van der Waals surface area (Å²) in [6, 6.07) is 2.32. The molecule has 0 saturated carbocycles. The van der Waals surface area contributed by atoms with Crippen LogP contribution >= 0.6 is 11.8 Å². The Morgan fingerprint density at radius 3 is 2.75 bits per heavy atom. The van der Waals surface area contributed by atoms with E-state index in [2.05, 4.69) is 0 Å². The highest BCUT2D eigenvalue weighted by molar-refractivity contribution is 7.99. The summed E-state index contributed by atoms with van der Waals surface area (Å²) in [5.41, 5.74) is 5.28. The van der Waals surface area contributed by atoms with E-state index in [9.17, 15) is 13.6 Å². The molecule has 3 N–H and O–H groups in total. The Hall–Kier alpha value is -1.14. The number of carboxylic acids is 1. The molecule has 1 atom stereocenters. The van der Waals surface area contributed by atoms with Gasteiger partial charge in [0.15, 0.2) is 0 Å². The Morgan fingerprint density at radius 1 is 1.50 bits per heavy atom. The second kappa shape index (κ2) is 5.81. The molecule has 0 aliphatic rings. The fourth-order valence-corrected chi connectivity index (χ4v) is 1.96. The first-order valence-corrected chi connectivity index (χ1v) is 5.55. The van der Waals surface area contributed by atoms with Crippen LogP contribution in [0.1, 0.15) is 6.42 Å². The summed E-state index contributed by atoms with van der Waals surface area (Å²) >= 11 is 1.12. The third kappa shape index (κ3) is 3.79. The van der Waals surface area contributed by atoms with Crippen molar-refractivity contribution in [1.82, 2.24) is 0 Å². The van der Waals surface area contributed by atoms with Gasteiger partial charge in [-0.05, 0) is 18.6 Å². The summed E-state index contributed by atoms with van der Waals surface area (Å²) in [6.07, 6.45) is 0.233. The third-order valence-electron chi connectivity index (χ3n) is 1.90. The zero-order valence-electron chi connectivity index (χ0n) is 8.32. The van der Waals surface area contributed by atoms with Gasteiger partial charge in [-0.1, -0.05) is 0 Å². The average molecular weight is 247 g/mol. The van der Waals surface area contributed by atoms with E-state index in [0.717, 1.165) is 23.9 Å². The molecule has 3 nitrogen and oxygen atoms in total. The van der Waals surface area contributed by atoms with Crippen LogP contribution in [-0.4, -0.2) is 22.9 Å². The summed E-state index contributed by atoms with van der Waals surface area (Å²) in [7, 11) is 0. The standard InChI is InChI=1S/C10H11F2NO2S/c11-6-1-2-9(7(12)5-6)16-4-3-8(13)10(14)15/h1-2,5,8H,3-4,13H2,(H,14,15). The molecule has 0 spiro atoms. The maximum absolute atomic E-state index is 13.1. The largest absolute Gasteiger partial charge is 0.480 e. The van der Waals surface area contributed by atoms with Gasteiger partial charge in [0, 0.05) is 16.7 Å². The van der Waals surface area contributed by atoms with Gasteiger partial charge in [0.25, 0.3) is 0 Å². The molecule has 1 aromatic rings. The number of halogens is 2. The number of carboxylic acid groups (broad SMARTS) is 1. The predicted octanol–water partition coefficient (Wildman–Crippen LogP) is 1.86. The molecule has 0 aliphatic carbocycles. The van der Waals surface area contributed by atoms with Crippen molar-refractivity contribution in [3.05, 3.63) is 29.8 Å². The molecular weight excluding hydrogens is 236 g/mol. The van der Waals surface area contributed by atoms with Crippen LogP contribution in [0.3, 0.4) is 0 Å². The Balaban J connectivity index is 2.46. The van der Waals surface area contributed by atoms with Crippen LogP contribution in [0.4, 0.5) is 8.78 Å². The van der Waals surface area contributed by atoms with Crippen LogP contribution in [0.5, 0.6) is 0 Å². The summed E-state index contributed by atoms with van der Waals surface area (Å²) in [6.45, 7) is 0. The minimum atomic E-state index is -1.08. The van der Waals surface area contributed by atoms with Crippen molar-refractivity contribution in [3.8, 4) is 0 Å². The number of hydrogen-bond acceptors (Lipinski definition) is 3. The summed E-state index contributed by atoms with van der Waals surface area (Å²) in [5.74, 6) is -1.99. The fraction of sp³-hybridized carbons (Fsp3) is 0.300. The molecule has 0 bridgehead atoms. The van der Waals surface area contributed by atoms with Crippen molar-refractivity contribution in [2.45, 2.75) is 17.4 Å². The minimum Gasteiger partial charge on any atom is -0.480 e. The van der Waals surface area contributed by atoms with E-state index in [1.165, 1.54) is 6.07 Å². The van der Waals surface area contributed by atoms with Gasteiger partial charge < -0.3 is 10.8 Å². The molecule has 0 radical (unpaired) electrons. The second-order valence-electron chi connectivity index (χ2n) is 3.16. The molecule has 0 aromatic heterocycles. The van der Waals surface area contributed by atoms with Crippen LogP contribution in [0, 0.1) is 11.6 Å². The summed E-state index contributed by atoms with van der Waals surface area (Å²) < 4.78 is 25.7. The molecule has 0 saturated heterocycles. The first kappa shape index (κ1) is 12.9. The van der Waals surface area contributed by atoms with Gasteiger partial charge in [-0.15, -0.1) is 11.8 Å². The normalized spacial score (nSPS) is 12.4. The monoisotopic (exact) mass is 247 g/mol. The summed E-state index contributed by atoms with van der Waals surface area (Å²) in [4.78, 5) is 10.7. The van der Waals surface area contributed by atoms with E-state index in [-0.39, 0.29) is 6.42 Å². The molecule has 0 aliphatic heterocycles. The maximum Gasteiger partial charge on any atom is 0.320 e. The van der Waals surface area contributed by atoms with Gasteiger partial charge in [0.05, 0.1) is 0 Å². The molecule has 1 aromatic carbocycles. The molecule has 0 fully saturated rings. The van der Waals surface area contributed by atoms with Gasteiger partial charge in [0.2, 0.25) is 0 Å². The van der Waals surface area contributed by atoms with Crippen LogP contribution in [0.25, 0.3) is 0 Å². The molecule has 6 heteroatoms. The highest BCUT2D eigenvalue weighted by Crippen LogP contribution is 2.23. The number of nitrogens with two attached hydrogens (primary N) is 1. The Kier molecular flexibility index (Phi) is 4.70. The van der Waals surface area contributed by atoms with Crippen LogP contribution in [-0.2, 0) is 4.79 Å². The van der Waals surface area contributed by atoms with Crippen LogP contribution in [0.2, 0.25) is 0 Å². The first-order valence-electron chi connectivity index (χ1n) is 4.57.